The number of aryl methyl sites for hydroxylation is 1. The van der Waals surface area contributed by atoms with Crippen molar-refractivity contribution in [3.05, 3.63) is 24.0 Å². The molecular formula is C25H32N4O5. The van der Waals surface area contributed by atoms with E-state index in [1.807, 2.05) is 12.2 Å². The number of fused-ring (bicyclic) bond motifs is 1. The van der Waals surface area contributed by atoms with Crippen molar-refractivity contribution < 1.29 is 23.6 Å². The van der Waals surface area contributed by atoms with Gasteiger partial charge in [0, 0.05) is 18.2 Å². The van der Waals surface area contributed by atoms with E-state index in [0.29, 0.717) is 11.6 Å². The third-order valence-corrected chi connectivity index (χ3v) is 8.41. The Morgan fingerprint density at radius 3 is 2.53 bits per heavy atom. The van der Waals surface area contributed by atoms with Gasteiger partial charge in [-0.3, -0.25) is 14.4 Å². The summed E-state index contributed by atoms with van der Waals surface area (Å²) in [5.74, 6) is -1.16. The maximum Gasteiger partial charge on any atom is 0.246 e. The Kier molecular flexibility index (Phi) is 5.28. The summed E-state index contributed by atoms with van der Waals surface area (Å²) in [4.78, 5) is 42.9. The van der Waals surface area contributed by atoms with Crippen LogP contribution in [0.2, 0.25) is 0 Å². The van der Waals surface area contributed by atoms with Crippen LogP contribution in [0.3, 0.4) is 0 Å². The number of rotatable bonds is 5. The van der Waals surface area contributed by atoms with Gasteiger partial charge < -0.3 is 24.8 Å². The van der Waals surface area contributed by atoms with Crippen LogP contribution in [0.4, 0.5) is 5.82 Å². The Bertz CT molecular complexity index is 1020. The van der Waals surface area contributed by atoms with Gasteiger partial charge in [0.1, 0.15) is 17.4 Å². The van der Waals surface area contributed by atoms with Gasteiger partial charge in [-0.25, -0.2) is 0 Å². The number of carbonyl (C=O) groups is 3. The van der Waals surface area contributed by atoms with E-state index in [9.17, 15) is 14.4 Å². The van der Waals surface area contributed by atoms with Gasteiger partial charge in [-0.05, 0) is 32.6 Å². The lowest BCUT2D eigenvalue weighted by Gasteiger charge is -2.36. The second kappa shape index (κ2) is 8.22. The van der Waals surface area contributed by atoms with Gasteiger partial charge in [-0.15, -0.1) is 0 Å². The molecule has 1 aromatic heterocycles. The van der Waals surface area contributed by atoms with Gasteiger partial charge in [0.2, 0.25) is 17.7 Å². The molecule has 1 aromatic rings. The second-order valence-electron chi connectivity index (χ2n) is 10.5. The molecule has 2 aliphatic carbocycles. The van der Waals surface area contributed by atoms with Crippen LogP contribution in [-0.4, -0.2) is 57.6 Å². The van der Waals surface area contributed by atoms with Gasteiger partial charge >= 0.3 is 0 Å². The first-order valence-electron chi connectivity index (χ1n) is 12.7. The van der Waals surface area contributed by atoms with E-state index < -0.39 is 29.6 Å². The molecule has 1 spiro atoms. The Morgan fingerprint density at radius 1 is 1.09 bits per heavy atom. The highest BCUT2D eigenvalue weighted by atomic mass is 16.5. The zero-order chi connectivity index (χ0) is 23.4. The molecule has 5 atom stereocenters. The van der Waals surface area contributed by atoms with Crippen LogP contribution in [0.5, 0.6) is 0 Å². The lowest BCUT2D eigenvalue weighted by Crippen LogP contribution is -2.58. The summed E-state index contributed by atoms with van der Waals surface area (Å²) < 4.78 is 11.5. The maximum absolute atomic E-state index is 14.0. The molecule has 0 radical (unpaired) electrons. The minimum absolute atomic E-state index is 0.00697. The molecule has 6 rings (SSSR count). The molecule has 9 nitrogen and oxygen atoms in total. The Labute approximate surface area is 198 Å². The van der Waals surface area contributed by atoms with Crippen molar-refractivity contribution in [2.75, 3.05) is 5.32 Å². The molecule has 34 heavy (non-hydrogen) atoms. The fourth-order valence-corrected chi connectivity index (χ4v) is 6.94. The lowest BCUT2D eigenvalue weighted by molar-refractivity contribution is -0.144. The SMILES string of the molecule is Cc1cc(NC(=O)[C@@H]2[C@H]3C=C[C@]4(O3)[C@H](C(=O)NC3CCCCC3)N(C3CCCC3)C(=O)[C@@H]24)no1. The van der Waals surface area contributed by atoms with Crippen molar-refractivity contribution in [2.24, 2.45) is 11.8 Å². The largest absolute Gasteiger partial charge is 0.360 e. The van der Waals surface area contributed by atoms with E-state index in [-0.39, 0.29) is 29.8 Å². The summed E-state index contributed by atoms with van der Waals surface area (Å²) in [6.45, 7) is 1.75. The molecule has 3 amide bonds. The number of hydrogen-bond donors (Lipinski definition) is 2. The van der Waals surface area contributed by atoms with Crippen molar-refractivity contribution >= 4 is 23.5 Å². The quantitative estimate of drug-likeness (QED) is 0.642. The fraction of sp³-hybridized carbons (Fsp3) is 0.680. The van der Waals surface area contributed by atoms with E-state index in [0.717, 1.165) is 51.4 Å². The van der Waals surface area contributed by atoms with Gasteiger partial charge in [-0.2, -0.15) is 0 Å². The highest BCUT2D eigenvalue weighted by Gasteiger charge is 2.73. The summed E-state index contributed by atoms with van der Waals surface area (Å²) >= 11 is 0. The zero-order valence-electron chi connectivity index (χ0n) is 19.5. The van der Waals surface area contributed by atoms with Gasteiger partial charge in [0.05, 0.1) is 17.9 Å². The van der Waals surface area contributed by atoms with Crippen LogP contribution >= 0.6 is 0 Å². The van der Waals surface area contributed by atoms with Gasteiger partial charge in [0.25, 0.3) is 0 Å². The van der Waals surface area contributed by atoms with Crippen molar-refractivity contribution in [1.29, 1.82) is 0 Å². The predicted molar refractivity (Wildman–Crippen MR) is 121 cm³/mol. The number of hydrogen-bond acceptors (Lipinski definition) is 6. The molecule has 0 aromatic carbocycles. The average molecular weight is 469 g/mol. The first kappa shape index (κ1) is 21.8. The molecule has 2 bridgehead atoms. The number of likely N-dealkylation sites (tertiary alicyclic amines) is 1. The number of nitrogens with zero attached hydrogens (tertiary/aromatic N) is 2. The van der Waals surface area contributed by atoms with Crippen molar-refractivity contribution in [3.63, 3.8) is 0 Å². The minimum Gasteiger partial charge on any atom is -0.360 e. The zero-order valence-corrected chi connectivity index (χ0v) is 19.5. The molecule has 5 aliphatic rings. The summed E-state index contributed by atoms with van der Waals surface area (Å²) in [5.41, 5.74) is -1.11. The van der Waals surface area contributed by atoms with Gasteiger partial charge in [0.15, 0.2) is 5.82 Å². The Balaban J connectivity index is 1.32. The summed E-state index contributed by atoms with van der Waals surface area (Å²) in [6.07, 6.45) is 12.4. The third-order valence-electron chi connectivity index (χ3n) is 8.41. The van der Waals surface area contributed by atoms with Crippen LogP contribution in [0.15, 0.2) is 22.7 Å². The number of carbonyl (C=O) groups excluding carboxylic acids is 3. The van der Waals surface area contributed by atoms with Crippen LogP contribution < -0.4 is 10.6 Å². The number of nitrogens with one attached hydrogen (secondary N) is 2. The van der Waals surface area contributed by atoms with E-state index in [4.69, 9.17) is 9.26 Å². The van der Waals surface area contributed by atoms with Crippen LogP contribution in [0, 0.1) is 18.8 Å². The number of anilines is 1. The van der Waals surface area contributed by atoms with Crippen LogP contribution in [0.25, 0.3) is 0 Å². The molecule has 9 heteroatoms. The summed E-state index contributed by atoms with van der Waals surface area (Å²) in [6, 6.07) is 1.03. The second-order valence-corrected chi connectivity index (χ2v) is 10.5. The first-order chi connectivity index (χ1) is 16.5. The van der Waals surface area contributed by atoms with Crippen LogP contribution in [0.1, 0.15) is 63.5 Å². The Hall–Kier alpha value is -2.68. The minimum atomic E-state index is -1.11. The number of amides is 3. The molecule has 4 fully saturated rings. The third kappa shape index (κ3) is 3.31. The average Bonchev–Trinajstić information content (AvgIpc) is 3.63. The predicted octanol–water partition coefficient (Wildman–Crippen LogP) is 2.46. The molecule has 4 heterocycles. The lowest BCUT2D eigenvalue weighted by atomic mass is 9.74. The van der Waals surface area contributed by atoms with Gasteiger partial charge in [-0.1, -0.05) is 49.4 Å². The number of aromatic nitrogens is 1. The first-order valence-corrected chi connectivity index (χ1v) is 12.7. The standard InChI is InChI=1S/C25H32N4O5/c1-14-13-18(28-34-14)27-22(30)19-17-11-12-25(33-17)20(19)24(32)29(16-9-5-6-10-16)21(25)23(31)26-15-7-3-2-4-8-15/h11-13,15-17,19-21H,2-10H2,1H3,(H,26,31)(H,27,28,30)/t17-,19-,20-,21+,25-/m1/s1. The molecular weight excluding hydrogens is 436 g/mol. The van der Waals surface area contributed by atoms with Crippen molar-refractivity contribution in [1.82, 2.24) is 15.4 Å². The summed E-state index contributed by atoms with van der Waals surface area (Å²) in [7, 11) is 0. The highest BCUT2D eigenvalue weighted by Crippen LogP contribution is 2.56. The van der Waals surface area contributed by atoms with E-state index >= 15 is 0 Å². The van der Waals surface area contributed by atoms with E-state index in [1.54, 1.807) is 17.9 Å². The maximum atomic E-state index is 14.0. The van der Waals surface area contributed by atoms with Crippen molar-refractivity contribution in [2.45, 2.75) is 94.5 Å². The van der Waals surface area contributed by atoms with Crippen LogP contribution in [-0.2, 0) is 19.1 Å². The normalized spacial score (nSPS) is 35.2. The number of ether oxygens (including phenoxy) is 1. The molecule has 2 saturated carbocycles. The molecule has 182 valence electrons. The fourth-order valence-electron chi connectivity index (χ4n) is 6.94. The molecule has 2 saturated heterocycles. The molecule has 0 unspecified atom stereocenters. The topological polar surface area (TPSA) is 114 Å². The Morgan fingerprint density at radius 2 is 1.82 bits per heavy atom. The molecule has 2 N–H and O–H groups in total. The summed E-state index contributed by atoms with van der Waals surface area (Å²) in [5, 5.41) is 9.88. The highest BCUT2D eigenvalue weighted by molar-refractivity contribution is 6.02. The smallest absolute Gasteiger partial charge is 0.246 e. The van der Waals surface area contributed by atoms with Crippen molar-refractivity contribution in [3.8, 4) is 0 Å². The van der Waals surface area contributed by atoms with E-state index in [1.165, 1.54) is 6.42 Å². The molecule has 3 aliphatic heterocycles. The monoisotopic (exact) mass is 468 g/mol. The van der Waals surface area contributed by atoms with E-state index in [2.05, 4.69) is 15.8 Å².